The monoisotopic (exact) mass is 175 g/mol. The van der Waals surface area contributed by atoms with Crippen LogP contribution in [0.1, 0.15) is 13.8 Å². The first-order chi connectivity index (χ1) is 4.61. The lowest BCUT2D eigenvalue weighted by molar-refractivity contribution is -0.114. The maximum atomic E-state index is 10.6. The first-order valence-electron chi connectivity index (χ1n) is 2.95. The third-order valence-electron chi connectivity index (χ3n) is 1.22. The molecule has 0 saturated carbocycles. The van der Waals surface area contributed by atoms with E-state index in [0.717, 1.165) is 4.24 Å². The van der Waals surface area contributed by atoms with Crippen LogP contribution in [-0.4, -0.2) is 10.5 Å². The second kappa shape index (κ2) is 2.88. The van der Waals surface area contributed by atoms with Crippen molar-refractivity contribution in [3.05, 3.63) is 9.81 Å². The van der Waals surface area contributed by atoms with Gasteiger partial charge in [0.05, 0.1) is 8.82 Å². The molecule has 1 rings (SSSR count). The summed E-state index contributed by atoms with van der Waals surface area (Å²) in [4.78, 5) is 10.6. The largest absolute Gasteiger partial charge is 0.366 e. The van der Waals surface area contributed by atoms with E-state index in [1.54, 1.807) is 30.4 Å². The minimum Gasteiger partial charge on any atom is -0.366 e. The molecule has 2 nitrogen and oxygen atoms in total. The van der Waals surface area contributed by atoms with Crippen LogP contribution in [0.15, 0.2) is 9.81 Å². The first kappa shape index (κ1) is 8.01. The molecule has 0 radical (unpaired) electrons. The summed E-state index contributed by atoms with van der Waals surface area (Å²) in [6, 6.07) is 0. The molecule has 1 fully saturated rings. The fourth-order valence-electron chi connectivity index (χ4n) is 0.588. The fourth-order valence-corrected chi connectivity index (χ4v) is 2.92. The van der Waals surface area contributed by atoms with Crippen LogP contribution in [0.2, 0.25) is 0 Å². The summed E-state index contributed by atoms with van der Waals surface area (Å²) in [6.45, 7) is 3.87. The molecule has 0 spiro atoms. The second-order valence-corrected chi connectivity index (χ2v) is 5.34. The zero-order valence-electron chi connectivity index (χ0n) is 5.88. The molecular formula is C6H9NOS2. The van der Waals surface area contributed by atoms with Crippen molar-refractivity contribution < 1.29 is 4.79 Å². The van der Waals surface area contributed by atoms with Crippen LogP contribution >= 0.6 is 23.5 Å². The van der Waals surface area contributed by atoms with Crippen molar-refractivity contribution >= 4 is 29.4 Å². The van der Waals surface area contributed by atoms with Crippen LogP contribution in [0.5, 0.6) is 0 Å². The summed E-state index contributed by atoms with van der Waals surface area (Å²) in [6.07, 6.45) is 0. The van der Waals surface area contributed by atoms with Gasteiger partial charge in [-0.1, -0.05) is 0 Å². The van der Waals surface area contributed by atoms with Gasteiger partial charge in [0.1, 0.15) is 0 Å². The van der Waals surface area contributed by atoms with Crippen molar-refractivity contribution in [3.8, 4) is 0 Å². The lowest BCUT2D eigenvalue weighted by Gasteiger charge is -2.24. The summed E-state index contributed by atoms with van der Waals surface area (Å²) < 4.78 is 1.67. The van der Waals surface area contributed by atoms with Crippen LogP contribution < -0.4 is 5.73 Å². The number of amides is 1. The summed E-state index contributed by atoms with van der Waals surface area (Å²) in [5.74, 6) is -0.304. The zero-order valence-corrected chi connectivity index (χ0v) is 7.51. The number of thioether (sulfide) groups is 2. The SMILES string of the molecule is CC(C(N)=O)=C1SC(C)S1. The maximum absolute atomic E-state index is 10.6. The standard InChI is InChI=1S/C6H9NOS2/c1-3(5(7)8)6-9-4(2)10-6/h4H,1-2H3,(H2,7,8). The topological polar surface area (TPSA) is 43.1 Å². The number of primary amides is 1. The molecule has 0 atom stereocenters. The minimum absolute atomic E-state index is 0.304. The van der Waals surface area contributed by atoms with E-state index in [4.69, 9.17) is 5.73 Å². The molecule has 4 heteroatoms. The lowest BCUT2D eigenvalue weighted by atomic mass is 10.3. The van der Waals surface area contributed by atoms with E-state index in [0.29, 0.717) is 10.2 Å². The van der Waals surface area contributed by atoms with Crippen molar-refractivity contribution in [3.63, 3.8) is 0 Å². The Hall–Kier alpha value is -0.0900. The molecule has 2 N–H and O–H groups in total. The van der Waals surface area contributed by atoms with Crippen LogP contribution in [-0.2, 0) is 4.79 Å². The van der Waals surface area contributed by atoms with Crippen molar-refractivity contribution in [2.75, 3.05) is 0 Å². The average molecular weight is 175 g/mol. The zero-order chi connectivity index (χ0) is 7.72. The molecule has 1 aliphatic rings. The molecule has 0 aromatic rings. The van der Waals surface area contributed by atoms with E-state index in [1.165, 1.54) is 0 Å². The van der Waals surface area contributed by atoms with Crippen molar-refractivity contribution in [1.29, 1.82) is 0 Å². The molecule has 1 amide bonds. The number of hydrogen-bond acceptors (Lipinski definition) is 3. The highest BCUT2D eigenvalue weighted by atomic mass is 32.3. The quantitative estimate of drug-likeness (QED) is 0.615. The van der Waals surface area contributed by atoms with Gasteiger partial charge in [-0.05, 0) is 13.8 Å². The Balaban J connectivity index is 2.62. The normalized spacial score (nSPS) is 23.8. The molecule has 0 bridgehead atoms. The van der Waals surface area contributed by atoms with E-state index in [1.807, 2.05) is 0 Å². The Bertz CT molecular complexity index is 192. The molecule has 10 heavy (non-hydrogen) atoms. The third-order valence-corrected chi connectivity index (χ3v) is 4.08. The summed E-state index contributed by atoms with van der Waals surface area (Å²) >= 11 is 3.41. The summed E-state index contributed by atoms with van der Waals surface area (Å²) in [7, 11) is 0. The number of nitrogens with two attached hydrogens (primary N) is 1. The van der Waals surface area contributed by atoms with E-state index < -0.39 is 0 Å². The van der Waals surface area contributed by atoms with Crippen LogP contribution in [0.25, 0.3) is 0 Å². The fraction of sp³-hybridized carbons (Fsp3) is 0.500. The number of carbonyl (C=O) groups is 1. The highest BCUT2D eigenvalue weighted by molar-refractivity contribution is 8.38. The molecular weight excluding hydrogens is 166 g/mol. The predicted octanol–water partition coefficient (Wildman–Crippen LogP) is 1.53. The van der Waals surface area contributed by atoms with Gasteiger partial charge in [0.2, 0.25) is 5.91 Å². The average Bonchev–Trinajstić information content (AvgIpc) is 1.79. The Morgan fingerprint density at radius 1 is 1.60 bits per heavy atom. The molecule has 0 aliphatic carbocycles. The van der Waals surface area contributed by atoms with Gasteiger partial charge in [-0.2, -0.15) is 0 Å². The van der Waals surface area contributed by atoms with E-state index in [2.05, 4.69) is 6.92 Å². The Morgan fingerprint density at radius 3 is 2.40 bits per heavy atom. The minimum atomic E-state index is -0.304. The van der Waals surface area contributed by atoms with E-state index in [9.17, 15) is 4.79 Å². The van der Waals surface area contributed by atoms with Gasteiger partial charge in [0, 0.05) is 5.57 Å². The number of carbonyl (C=O) groups excluding carboxylic acids is 1. The van der Waals surface area contributed by atoms with Crippen LogP contribution in [0.3, 0.4) is 0 Å². The Labute approximate surface area is 68.6 Å². The van der Waals surface area contributed by atoms with E-state index in [-0.39, 0.29) is 5.91 Å². The second-order valence-electron chi connectivity index (χ2n) is 2.08. The molecule has 0 aromatic carbocycles. The Morgan fingerprint density at radius 2 is 2.10 bits per heavy atom. The van der Waals surface area contributed by atoms with Gasteiger partial charge < -0.3 is 5.73 Å². The maximum Gasteiger partial charge on any atom is 0.245 e. The molecule has 1 saturated heterocycles. The van der Waals surface area contributed by atoms with Gasteiger partial charge in [-0.3, -0.25) is 4.79 Å². The Kier molecular flexibility index (Phi) is 2.31. The number of hydrogen-bond donors (Lipinski definition) is 1. The third kappa shape index (κ3) is 1.49. The smallest absolute Gasteiger partial charge is 0.245 e. The molecule has 1 aliphatic heterocycles. The van der Waals surface area contributed by atoms with Gasteiger partial charge in [0.25, 0.3) is 0 Å². The van der Waals surface area contributed by atoms with Crippen molar-refractivity contribution in [1.82, 2.24) is 0 Å². The van der Waals surface area contributed by atoms with Crippen LogP contribution in [0, 0.1) is 0 Å². The van der Waals surface area contributed by atoms with Gasteiger partial charge in [0.15, 0.2) is 0 Å². The van der Waals surface area contributed by atoms with Gasteiger partial charge in [-0.25, -0.2) is 0 Å². The summed E-state index contributed by atoms with van der Waals surface area (Å²) in [5.41, 5.74) is 5.77. The van der Waals surface area contributed by atoms with Crippen molar-refractivity contribution in [2.45, 2.75) is 18.4 Å². The lowest BCUT2D eigenvalue weighted by Crippen LogP contribution is -2.15. The predicted molar refractivity (Wildman–Crippen MR) is 46.5 cm³/mol. The van der Waals surface area contributed by atoms with E-state index >= 15 is 0 Å². The molecule has 0 unspecified atom stereocenters. The highest BCUT2D eigenvalue weighted by Gasteiger charge is 2.23. The molecule has 1 heterocycles. The van der Waals surface area contributed by atoms with Crippen LogP contribution in [0.4, 0.5) is 0 Å². The summed E-state index contributed by atoms with van der Waals surface area (Å²) in [5, 5.41) is 0. The van der Waals surface area contributed by atoms with Gasteiger partial charge in [-0.15, -0.1) is 23.5 Å². The van der Waals surface area contributed by atoms with Gasteiger partial charge >= 0.3 is 0 Å². The highest BCUT2D eigenvalue weighted by Crippen LogP contribution is 2.51. The first-order valence-corrected chi connectivity index (χ1v) is 4.71. The molecule has 56 valence electrons. The van der Waals surface area contributed by atoms with Crippen molar-refractivity contribution in [2.24, 2.45) is 5.73 Å². The number of rotatable bonds is 1. The molecule has 0 aromatic heterocycles.